The first-order chi connectivity index (χ1) is 16.0. The van der Waals surface area contributed by atoms with E-state index in [2.05, 4.69) is 27.2 Å². The number of halogens is 2. The molecule has 2 aromatic carbocycles. The van der Waals surface area contributed by atoms with Crippen molar-refractivity contribution in [2.75, 3.05) is 18.2 Å². The Kier molecular flexibility index (Phi) is 5.82. The van der Waals surface area contributed by atoms with Crippen LogP contribution < -0.4 is 15.5 Å². The van der Waals surface area contributed by atoms with Crippen molar-refractivity contribution in [1.82, 2.24) is 20.6 Å². The topological polar surface area (TPSA) is 104 Å². The summed E-state index contributed by atoms with van der Waals surface area (Å²) in [5.74, 6) is -2.23. The first-order valence-electron chi connectivity index (χ1n) is 10.1. The van der Waals surface area contributed by atoms with Crippen LogP contribution in [0, 0.1) is 18.6 Å². The number of fused-ring (bicyclic) bond motifs is 1. The summed E-state index contributed by atoms with van der Waals surface area (Å²) in [6.45, 7) is 5.68. The molecule has 0 fully saturated rings. The third kappa shape index (κ3) is 3.98. The number of urea groups is 1. The van der Waals surface area contributed by atoms with E-state index in [9.17, 15) is 22.0 Å². The highest BCUT2D eigenvalue weighted by atomic mass is 32.2. The molecule has 0 saturated carbocycles. The molecule has 0 bridgehead atoms. The number of carbonyl (C=O) groups is 1. The number of sulfone groups is 1. The fourth-order valence-electron chi connectivity index (χ4n) is 3.65. The summed E-state index contributed by atoms with van der Waals surface area (Å²) in [4.78, 5) is 21.8. The van der Waals surface area contributed by atoms with Gasteiger partial charge in [-0.05, 0) is 36.2 Å². The lowest BCUT2D eigenvalue weighted by Crippen LogP contribution is -2.43. The molecule has 0 aliphatic carbocycles. The molecule has 0 atom stereocenters. The van der Waals surface area contributed by atoms with Crippen molar-refractivity contribution in [3.8, 4) is 11.3 Å². The van der Waals surface area contributed by atoms with Crippen LogP contribution in [-0.2, 0) is 16.4 Å². The van der Waals surface area contributed by atoms with Crippen LogP contribution in [0.25, 0.3) is 17.0 Å². The van der Waals surface area contributed by atoms with E-state index >= 15 is 0 Å². The van der Waals surface area contributed by atoms with Gasteiger partial charge in [-0.15, -0.1) is 0 Å². The Morgan fingerprint density at radius 1 is 1.18 bits per heavy atom. The minimum absolute atomic E-state index is 0.0727. The van der Waals surface area contributed by atoms with Crippen molar-refractivity contribution in [1.29, 1.82) is 0 Å². The summed E-state index contributed by atoms with van der Waals surface area (Å²) in [7, 11) is -2.24. The quantitative estimate of drug-likeness (QED) is 0.535. The summed E-state index contributed by atoms with van der Waals surface area (Å²) in [5.41, 5.74) is 2.53. The van der Waals surface area contributed by atoms with Crippen molar-refractivity contribution < 1.29 is 22.0 Å². The first-order valence-corrected chi connectivity index (χ1v) is 12.0. The molecule has 176 valence electrons. The van der Waals surface area contributed by atoms with Crippen LogP contribution in [0.2, 0.25) is 0 Å². The van der Waals surface area contributed by atoms with Crippen LogP contribution in [0.5, 0.6) is 0 Å². The Bertz CT molecular complexity index is 1440. The molecule has 2 N–H and O–H groups in total. The zero-order valence-electron chi connectivity index (χ0n) is 18.6. The van der Waals surface area contributed by atoms with Gasteiger partial charge >= 0.3 is 6.03 Å². The summed E-state index contributed by atoms with van der Waals surface area (Å²) >= 11 is 0. The molecular formula is C23H21F2N5O3S. The van der Waals surface area contributed by atoms with Gasteiger partial charge in [-0.1, -0.05) is 24.8 Å². The molecular weight excluding hydrogens is 464 g/mol. The Morgan fingerprint density at radius 3 is 2.47 bits per heavy atom. The fourth-order valence-corrected chi connectivity index (χ4v) is 4.16. The number of nitrogens with zero attached hydrogens (tertiary/aromatic N) is 3. The van der Waals surface area contributed by atoms with Gasteiger partial charge in [-0.2, -0.15) is 4.98 Å². The van der Waals surface area contributed by atoms with E-state index in [1.54, 1.807) is 13.1 Å². The van der Waals surface area contributed by atoms with Gasteiger partial charge in [0.05, 0.1) is 12.2 Å². The van der Waals surface area contributed by atoms with Crippen LogP contribution in [0.1, 0.15) is 16.7 Å². The molecule has 2 amide bonds. The van der Waals surface area contributed by atoms with Crippen molar-refractivity contribution in [2.24, 2.45) is 0 Å². The molecule has 1 aliphatic rings. The normalized spacial score (nSPS) is 13.3. The van der Waals surface area contributed by atoms with E-state index in [1.165, 1.54) is 0 Å². The molecule has 0 radical (unpaired) electrons. The molecule has 1 aromatic heterocycles. The Balaban J connectivity index is 2.07. The zero-order chi connectivity index (χ0) is 24.8. The van der Waals surface area contributed by atoms with E-state index in [1.807, 2.05) is 19.1 Å². The lowest BCUT2D eigenvalue weighted by molar-refractivity contribution is 0.246. The Labute approximate surface area is 195 Å². The molecule has 0 spiro atoms. The number of aromatic nitrogens is 2. The average molecular weight is 486 g/mol. The minimum atomic E-state index is -3.95. The SMILES string of the molecule is C=C(NC)c1ccc(C)c(-c2nc(S(C)(=O)=O)nc3c2CNC(=O)N3c2c(F)cccc2F)c1. The number of hydrogen-bond acceptors (Lipinski definition) is 6. The van der Waals surface area contributed by atoms with Gasteiger partial charge < -0.3 is 10.6 Å². The summed E-state index contributed by atoms with van der Waals surface area (Å²) in [5, 5.41) is 4.95. The lowest BCUT2D eigenvalue weighted by Gasteiger charge is -2.30. The number of anilines is 2. The number of aryl methyl sites for hydroxylation is 1. The lowest BCUT2D eigenvalue weighted by atomic mass is 9.97. The van der Waals surface area contributed by atoms with Gasteiger partial charge in [-0.25, -0.2) is 31.9 Å². The Hall–Kier alpha value is -3.86. The number of benzene rings is 2. The van der Waals surface area contributed by atoms with E-state index < -0.39 is 38.3 Å². The second-order valence-corrected chi connectivity index (χ2v) is 9.66. The van der Waals surface area contributed by atoms with Crippen LogP contribution in [-0.4, -0.2) is 37.7 Å². The molecule has 4 rings (SSSR count). The molecule has 0 unspecified atom stereocenters. The predicted octanol–water partition coefficient (Wildman–Crippen LogP) is 3.69. The summed E-state index contributed by atoms with van der Waals surface area (Å²) < 4.78 is 54.2. The predicted molar refractivity (Wildman–Crippen MR) is 124 cm³/mol. The minimum Gasteiger partial charge on any atom is -0.388 e. The maximum absolute atomic E-state index is 14.7. The van der Waals surface area contributed by atoms with Crippen LogP contribution >= 0.6 is 0 Å². The maximum atomic E-state index is 14.7. The van der Waals surface area contributed by atoms with Crippen molar-refractivity contribution in [3.63, 3.8) is 0 Å². The van der Waals surface area contributed by atoms with Gasteiger partial charge in [0, 0.05) is 30.1 Å². The smallest absolute Gasteiger partial charge is 0.328 e. The third-order valence-corrected chi connectivity index (χ3v) is 6.28. The molecule has 0 saturated heterocycles. The van der Waals surface area contributed by atoms with Crippen LogP contribution in [0.15, 0.2) is 48.1 Å². The van der Waals surface area contributed by atoms with Crippen molar-refractivity contribution in [3.05, 3.63) is 71.3 Å². The monoisotopic (exact) mass is 485 g/mol. The summed E-state index contributed by atoms with van der Waals surface area (Å²) in [6, 6.07) is 7.73. The fraction of sp³-hybridized carbons (Fsp3) is 0.174. The van der Waals surface area contributed by atoms with Gasteiger partial charge in [0.2, 0.25) is 15.0 Å². The third-order valence-electron chi connectivity index (χ3n) is 5.43. The number of para-hydroxylation sites is 1. The van der Waals surface area contributed by atoms with E-state index in [4.69, 9.17) is 0 Å². The number of amides is 2. The van der Waals surface area contributed by atoms with Gasteiger partial charge in [0.1, 0.15) is 17.3 Å². The van der Waals surface area contributed by atoms with E-state index in [-0.39, 0.29) is 18.1 Å². The number of carbonyl (C=O) groups excluding carboxylic acids is 1. The largest absolute Gasteiger partial charge is 0.388 e. The van der Waals surface area contributed by atoms with Crippen molar-refractivity contribution >= 4 is 33.1 Å². The second kappa shape index (κ2) is 8.49. The van der Waals surface area contributed by atoms with Gasteiger partial charge in [0.25, 0.3) is 0 Å². The number of rotatable bonds is 5. The molecule has 1 aliphatic heterocycles. The second-order valence-electron chi connectivity index (χ2n) is 7.75. The Morgan fingerprint density at radius 2 is 1.85 bits per heavy atom. The van der Waals surface area contributed by atoms with E-state index in [0.717, 1.165) is 35.6 Å². The van der Waals surface area contributed by atoms with Crippen LogP contribution in [0.4, 0.5) is 25.1 Å². The molecule has 34 heavy (non-hydrogen) atoms. The van der Waals surface area contributed by atoms with Crippen LogP contribution in [0.3, 0.4) is 0 Å². The van der Waals surface area contributed by atoms with Gasteiger partial charge in [0.15, 0.2) is 5.82 Å². The maximum Gasteiger partial charge on any atom is 0.328 e. The standard InChI is InChI=1S/C23H21F2N5O3S/c1-12-8-9-14(13(2)26-3)10-15(12)19-16-11-27-23(31)30(20-17(24)6-5-7-18(20)25)21(16)29-22(28-19)34(4,32)33/h5-10,26H,2,11H2,1,3-4H3,(H,27,31). The highest BCUT2D eigenvalue weighted by molar-refractivity contribution is 7.90. The van der Waals surface area contributed by atoms with Gasteiger partial charge in [-0.3, -0.25) is 0 Å². The summed E-state index contributed by atoms with van der Waals surface area (Å²) in [6.07, 6.45) is 0.918. The number of nitrogens with one attached hydrogen (secondary N) is 2. The highest BCUT2D eigenvalue weighted by Crippen LogP contribution is 2.39. The molecule has 8 nitrogen and oxygen atoms in total. The van der Waals surface area contributed by atoms with Crippen molar-refractivity contribution in [2.45, 2.75) is 18.6 Å². The average Bonchev–Trinajstić information content (AvgIpc) is 2.78. The molecule has 11 heteroatoms. The highest BCUT2D eigenvalue weighted by Gasteiger charge is 2.35. The molecule has 3 aromatic rings. The molecule has 2 heterocycles. The number of hydrogen-bond donors (Lipinski definition) is 2. The van der Waals surface area contributed by atoms with E-state index in [0.29, 0.717) is 21.7 Å². The zero-order valence-corrected chi connectivity index (χ0v) is 19.4. The first kappa shape index (κ1) is 23.3.